The highest BCUT2D eigenvalue weighted by Crippen LogP contribution is 1.95. The van der Waals surface area contributed by atoms with Gasteiger partial charge in [-0.1, -0.05) is 13.3 Å². The minimum absolute atomic E-state index is 0.0694. The maximum atomic E-state index is 10.6. The normalized spacial score (nSPS) is 15.1. The monoisotopic (exact) mass is 165 g/mol. The molecule has 0 saturated carbocycles. The van der Waals surface area contributed by atoms with Crippen molar-refractivity contribution in [2.24, 2.45) is 0 Å². The molecule has 0 aliphatic heterocycles. The SMILES string of the molecule is CCC[C@@H](C)NS(C)(=O)=O. The van der Waals surface area contributed by atoms with E-state index in [4.69, 9.17) is 0 Å². The lowest BCUT2D eigenvalue weighted by molar-refractivity contribution is 0.549. The molecule has 0 fully saturated rings. The van der Waals surface area contributed by atoms with Gasteiger partial charge in [-0.05, 0) is 13.3 Å². The number of sulfonamides is 1. The third-order valence-electron chi connectivity index (χ3n) is 1.14. The fourth-order valence-corrected chi connectivity index (χ4v) is 1.71. The molecule has 0 amide bonds. The van der Waals surface area contributed by atoms with Gasteiger partial charge in [0.05, 0.1) is 6.26 Å². The minimum Gasteiger partial charge on any atom is -0.213 e. The summed E-state index contributed by atoms with van der Waals surface area (Å²) in [5.74, 6) is 0. The first kappa shape index (κ1) is 9.91. The average Bonchev–Trinajstić information content (AvgIpc) is 1.59. The van der Waals surface area contributed by atoms with Crippen molar-refractivity contribution in [3.8, 4) is 0 Å². The van der Waals surface area contributed by atoms with E-state index in [0.717, 1.165) is 12.8 Å². The second-order valence-electron chi connectivity index (χ2n) is 2.58. The molecule has 0 aromatic rings. The zero-order valence-electron chi connectivity index (χ0n) is 6.72. The predicted molar refractivity (Wildman–Crippen MR) is 42.3 cm³/mol. The highest BCUT2D eigenvalue weighted by atomic mass is 32.2. The Hall–Kier alpha value is -0.0900. The Morgan fingerprint density at radius 1 is 1.50 bits per heavy atom. The lowest BCUT2D eigenvalue weighted by Crippen LogP contribution is -2.31. The van der Waals surface area contributed by atoms with Gasteiger partial charge in [0.2, 0.25) is 10.0 Å². The lowest BCUT2D eigenvalue weighted by atomic mass is 10.2. The minimum atomic E-state index is -3.00. The maximum Gasteiger partial charge on any atom is 0.208 e. The second-order valence-corrected chi connectivity index (χ2v) is 4.36. The largest absolute Gasteiger partial charge is 0.213 e. The highest BCUT2D eigenvalue weighted by Gasteiger charge is 2.05. The molecule has 1 N–H and O–H groups in total. The van der Waals surface area contributed by atoms with E-state index in [1.165, 1.54) is 6.26 Å². The predicted octanol–water partition coefficient (Wildman–Crippen LogP) is 0.724. The fraction of sp³-hybridized carbons (Fsp3) is 1.00. The Bertz CT molecular complexity index is 174. The van der Waals surface area contributed by atoms with Crippen molar-refractivity contribution in [2.45, 2.75) is 32.7 Å². The first-order valence-corrected chi connectivity index (χ1v) is 5.32. The van der Waals surface area contributed by atoms with Gasteiger partial charge in [-0.2, -0.15) is 0 Å². The van der Waals surface area contributed by atoms with Crippen LogP contribution in [0.5, 0.6) is 0 Å². The summed E-state index contributed by atoms with van der Waals surface area (Å²) in [6.07, 6.45) is 3.08. The van der Waals surface area contributed by atoms with E-state index >= 15 is 0 Å². The van der Waals surface area contributed by atoms with Gasteiger partial charge >= 0.3 is 0 Å². The Balaban J connectivity index is 3.69. The third-order valence-corrected chi connectivity index (χ3v) is 1.97. The van der Waals surface area contributed by atoms with Gasteiger partial charge in [0.25, 0.3) is 0 Å². The van der Waals surface area contributed by atoms with Crippen molar-refractivity contribution < 1.29 is 8.42 Å². The molecule has 0 radical (unpaired) electrons. The zero-order valence-corrected chi connectivity index (χ0v) is 7.53. The van der Waals surface area contributed by atoms with E-state index < -0.39 is 10.0 Å². The van der Waals surface area contributed by atoms with Crippen LogP contribution in [0.2, 0.25) is 0 Å². The average molecular weight is 165 g/mol. The van der Waals surface area contributed by atoms with Crippen molar-refractivity contribution in [3.05, 3.63) is 0 Å². The molecular weight excluding hydrogens is 150 g/mol. The van der Waals surface area contributed by atoms with Crippen molar-refractivity contribution in [1.82, 2.24) is 4.72 Å². The molecule has 3 nitrogen and oxygen atoms in total. The van der Waals surface area contributed by atoms with Crippen LogP contribution in [0.25, 0.3) is 0 Å². The quantitative estimate of drug-likeness (QED) is 0.667. The van der Waals surface area contributed by atoms with Crippen LogP contribution in [0.15, 0.2) is 0 Å². The zero-order chi connectivity index (χ0) is 8.20. The van der Waals surface area contributed by atoms with Crippen LogP contribution in [0.4, 0.5) is 0 Å². The summed E-state index contributed by atoms with van der Waals surface area (Å²) in [5, 5.41) is 0. The molecule has 0 unspecified atom stereocenters. The smallest absolute Gasteiger partial charge is 0.208 e. The standard InChI is InChI=1S/C6H15NO2S/c1-4-5-6(2)7-10(3,8)9/h6-7H,4-5H2,1-3H3/t6-/m1/s1. The molecule has 62 valence electrons. The molecule has 0 aliphatic rings. The number of hydrogen-bond acceptors (Lipinski definition) is 2. The van der Waals surface area contributed by atoms with E-state index in [0.29, 0.717) is 0 Å². The molecule has 1 atom stereocenters. The summed E-state index contributed by atoms with van der Waals surface area (Å²) in [6.45, 7) is 3.89. The van der Waals surface area contributed by atoms with Crippen molar-refractivity contribution in [3.63, 3.8) is 0 Å². The van der Waals surface area contributed by atoms with Gasteiger partial charge in [-0.25, -0.2) is 13.1 Å². The number of hydrogen-bond donors (Lipinski definition) is 1. The topological polar surface area (TPSA) is 46.2 Å². The molecule has 4 heteroatoms. The Kier molecular flexibility index (Phi) is 3.89. The van der Waals surface area contributed by atoms with Crippen LogP contribution in [-0.4, -0.2) is 20.7 Å². The van der Waals surface area contributed by atoms with Gasteiger partial charge in [-0.15, -0.1) is 0 Å². The van der Waals surface area contributed by atoms with Crippen LogP contribution >= 0.6 is 0 Å². The Labute approximate surface area is 62.9 Å². The molecule has 0 heterocycles. The van der Waals surface area contributed by atoms with Crippen molar-refractivity contribution >= 4 is 10.0 Å². The molecule has 0 aliphatic carbocycles. The van der Waals surface area contributed by atoms with E-state index in [1.54, 1.807) is 0 Å². The van der Waals surface area contributed by atoms with Crippen LogP contribution in [0, 0.1) is 0 Å². The van der Waals surface area contributed by atoms with E-state index in [9.17, 15) is 8.42 Å². The maximum absolute atomic E-state index is 10.6. The van der Waals surface area contributed by atoms with E-state index in [-0.39, 0.29) is 6.04 Å². The van der Waals surface area contributed by atoms with Crippen molar-refractivity contribution in [2.75, 3.05) is 6.26 Å². The molecule has 0 aromatic heterocycles. The summed E-state index contributed by atoms with van der Waals surface area (Å²) in [5.41, 5.74) is 0. The summed E-state index contributed by atoms with van der Waals surface area (Å²) < 4.78 is 23.7. The van der Waals surface area contributed by atoms with Crippen LogP contribution < -0.4 is 4.72 Å². The second kappa shape index (κ2) is 3.93. The summed E-state index contributed by atoms with van der Waals surface area (Å²) in [7, 11) is -3.00. The number of rotatable bonds is 4. The lowest BCUT2D eigenvalue weighted by Gasteiger charge is -2.09. The first-order valence-electron chi connectivity index (χ1n) is 3.43. The summed E-state index contributed by atoms with van der Waals surface area (Å²) >= 11 is 0. The van der Waals surface area contributed by atoms with Crippen molar-refractivity contribution in [1.29, 1.82) is 0 Å². The van der Waals surface area contributed by atoms with Gasteiger partial charge in [0.15, 0.2) is 0 Å². The molecular formula is C6H15NO2S. The molecule has 0 saturated heterocycles. The Morgan fingerprint density at radius 3 is 2.30 bits per heavy atom. The molecule has 10 heavy (non-hydrogen) atoms. The van der Waals surface area contributed by atoms with E-state index in [1.807, 2.05) is 13.8 Å². The van der Waals surface area contributed by atoms with Crippen LogP contribution in [-0.2, 0) is 10.0 Å². The molecule has 0 aromatic carbocycles. The van der Waals surface area contributed by atoms with E-state index in [2.05, 4.69) is 4.72 Å². The summed E-state index contributed by atoms with van der Waals surface area (Å²) in [4.78, 5) is 0. The fourth-order valence-electron chi connectivity index (χ4n) is 0.857. The Morgan fingerprint density at radius 2 is 2.00 bits per heavy atom. The van der Waals surface area contributed by atoms with Crippen LogP contribution in [0.3, 0.4) is 0 Å². The van der Waals surface area contributed by atoms with Gasteiger partial charge in [0.1, 0.15) is 0 Å². The summed E-state index contributed by atoms with van der Waals surface area (Å²) in [6, 6.07) is 0.0694. The highest BCUT2D eigenvalue weighted by molar-refractivity contribution is 7.88. The van der Waals surface area contributed by atoms with Crippen LogP contribution in [0.1, 0.15) is 26.7 Å². The first-order chi connectivity index (χ1) is 4.45. The molecule has 0 bridgehead atoms. The van der Waals surface area contributed by atoms with Gasteiger partial charge in [-0.3, -0.25) is 0 Å². The third kappa shape index (κ3) is 6.04. The van der Waals surface area contributed by atoms with Gasteiger partial charge < -0.3 is 0 Å². The van der Waals surface area contributed by atoms with Gasteiger partial charge in [0, 0.05) is 6.04 Å². The number of nitrogens with one attached hydrogen (secondary N) is 1. The molecule has 0 rings (SSSR count). The molecule has 0 spiro atoms.